The van der Waals surface area contributed by atoms with Crippen LogP contribution >= 0.6 is 0 Å². The maximum Gasteiger partial charge on any atom is 0.169 e. The van der Waals surface area contributed by atoms with E-state index in [1.54, 1.807) is 0 Å². The molecule has 6 heteroatoms. The number of aromatic nitrogens is 5. The van der Waals surface area contributed by atoms with Crippen LogP contribution in [0, 0.1) is 0 Å². The van der Waals surface area contributed by atoms with Gasteiger partial charge in [0.15, 0.2) is 11.6 Å². The van der Waals surface area contributed by atoms with Crippen molar-refractivity contribution in [3.63, 3.8) is 0 Å². The molecule has 0 radical (unpaired) electrons. The third kappa shape index (κ3) is 4.44. The van der Waals surface area contributed by atoms with Crippen molar-refractivity contribution >= 4 is 65.6 Å². The smallest absolute Gasteiger partial charge is 0.169 e. The summed E-state index contributed by atoms with van der Waals surface area (Å²) in [6.07, 6.45) is 0. The quantitative estimate of drug-likeness (QED) is 0.178. The van der Waals surface area contributed by atoms with Gasteiger partial charge in [-0.25, -0.2) is 0 Å². The molecule has 56 heavy (non-hydrogen) atoms. The first-order chi connectivity index (χ1) is 27.8. The lowest BCUT2D eigenvalue weighted by atomic mass is 10.1. The molecule has 12 rings (SSSR count). The van der Waals surface area contributed by atoms with E-state index in [0.29, 0.717) is 0 Å². The van der Waals surface area contributed by atoms with Crippen LogP contribution in [0.2, 0.25) is 0 Å². The molecule has 0 unspecified atom stereocenters. The Morgan fingerprint density at radius 2 is 0.929 bits per heavy atom. The topological polar surface area (TPSA) is 53.7 Å². The zero-order chi connectivity index (χ0) is 36.7. The Labute approximate surface area is 320 Å². The molecule has 8 aromatic carbocycles. The van der Waals surface area contributed by atoms with Crippen LogP contribution in [0.5, 0.6) is 0 Å². The molecule has 0 N–H and O–H groups in total. The molecule has 0 aliphatic carbocycles. The fourth-order valence-electron chi connectivity index (χ4n) is 8.77. The van der Waals surface area contributed by atoms with Gasteiger partial charge in [-0.15, -0.1) is 10.2 Å². The van der Waals surface area contributed by atoms with Gasteiger partial charge in [-0.3, -0.25) is 4.57 Å². The molecule has 0 amide bonds. The van der Waals surface area contributed by atoms with Crippen LogP contribution in [0.25, 0.3) is 105 Å². The molecule has 0 saturated heterocycles. The Morgan fingerprint density at radius 1 is 0.339 bits per heavy atom. The van der Waals surface area contributed by atoms with E-state index in [2.05, 4.69) is 165 Å². The molecule has 0 bridgehead atoms. The SMILES string of the molecule is c1ccc(-c2nnc(-c3cccc4c3c3ccccc3n4-c3cccc(-n4c5ccccc5c5cc6oc7ccccc7c6cc54)c3)n2-c2ccccc2)cc1. The monoisotopic (exact) mass is 717 g/mol. The van der Waals surface area contributed by atoms with Crippen molar-refractivity contribution in [3.8, 4) is 39.8 Å². The first kappa shape index (κ1) is 30.7. The van der Waals surface area contributed by atoms with E-state index in [-0.39, 0.29) is 0 Å². The number of nitrogens with zero attached hydrogens (tertiary/aromatic N) is 5. The first-order valence-corrected chi connectivity index (χ1v) is 18.8. The van der Waals surface area contributed by atoms with E-state index >= 15 is 0 Å². The molecule has 0 saturated carbocycles. The van der Waals surface area contributed by atoms with Crippen LogP contribution in [0.3, 0.4) is 0 Å². The van der Waals surface area contributed by atoms with Crippen LogP contribution in [-0.2, 0) is 0 Å². The highest BCUT2D eigenvalue weighted by molar-refractivity contribution is 6.18. The third-order valence-corrected chi connectivity index (χ3v) is 11.2. The van der Waals surface area contributed by atoms with Gasteiger partial charge < -0.3 is 13.6 Å². The van der Waals surface area contributed by atoms with E-state index in [1.165, 1.54) is 5.39 Å². The first-order valence-electron chi connectivity index (χ1n) is 18.8. The van der Waals surface area contributed by atoms with Crippen LogP contribution in [-0.4, -0.2) is 23.9 Å². The molecule has 6 nitrogen and oxygen atoms in total. The van der Waals surface area contributed by atoms with Crippen molar-refractivity contribution in [2.24, 2.45) is 0 Å². The van der Waals surface area contributed by atoms with Gasteiger partial charge in [0, 0.05) is 60.5 Å². The number of para-hydroxylation sites is 4. The van der Waals surface area contributed by atoms with Crippen molar-refractivity contribution in [2.45, 2.75) is 0 Å². The van der Waals surface area contributed by atoms with Crippen molar-refractivity contribution in [1.29, 1.82) is 0 Å². The minimum atomic E-state index is 0.792. The molecular formula is C50H31N5O. The molecule has 0 fully saturated rings. The number of fused-ring (bicyclic) bond motifs is 9. The molecule has 0 aliphatic rings. The van der Waals surface area contributed by atoms with Crippen LogP contribution in [0.4, 0.5) is 0 Å². The summed E-state index contributed by atoms with van der Waals surface area (Å²) in [7, 11) is 0. The Morgan fingerprint density at radius 3 is 1.73 bits per heavy atom. The van der Waals surface area contributed by atoms with Crippen molar-refractivity contribution < 1.29 is 4.42 Å². The predicted octanol–water partition coefficient (Wildman–Crippen LogP) is 12.7. The van der Waals surface area contributed by atoms with Gasteiger partial charge in [0.2, 0.25) is 0 Å². The zero-order valence-corrected chi connectivity index (χ0v) is 30.0. The second-order valence-corrected chi connectivity index (χ2v) is 14.3. The number of hydrogen-bond acceptors (Lipinski definition) is 3. The van der Waals surface area contributed by atoms with Gasteiger partial charge in [-0.1, -0.05) is 121 Å². The molecule has 4 heterocycles. The Kier molecular flexibility index (Phi) is 6.53. The van der Waals surface area contributed by atoms with Crippen molar-refractivity contribution in [3.05, 3.63) is 188 Å². The Bertz CT molecular complexity index is 3480. The lowest BCUT2D eigenvalue weighted by Crippen LogP contribution is -2.01. The number of benzene rings is 8. The van der Waals surface area contributed by atoms with E-state index in [1.807, 2.05) is 36.4 Å². The normalized spacial score (nSPS) is 11.9. The number of furan rings is 1. The second-order valence-electron chi connectivity index (χ2n) is 14.3. The van der Waals surface area contributed by atoms with Crippen molar-refractivity contribution in [2.75, 3.05) is 0 Å². The minimum absolute atomic E-state index is 0.792. The fourth-order valence-corrected chi connectivity index (χ4v) is 8.77. The van der Waals surface area contributed by atoms with E-state index in [0.717, 1.165) is 100 Å². The Balaban J connectivity index is 1.10. The molecular weight excluding hydrogens is 687 g/mol. The summed E-state index contributed by atoms with van der Waals surface area (Å²) in [6, 6.07) is 66.2. The highest BCUT2D eigenvalue weighted by Crippen LogP contribution is 2.42. The maximum absolute atomic E-state index is 6.35. The van der Waals surface area contributed by atoms with Gasteiger partial charge in [0.1, 0.15) is 11.2 Å². The zero-order valence-electron chi connectivity index (χ0n) is 30.0. The molecule has 4 aromatic heterocycles. The van der Waals surface area contributed by atoms with Gasteiger partial charge >= 0.3 is 0 Å². The Hall–Kier alpha value is -7.70. The molecule has 0 aliphatic heterocycles. The van der Waals surface area contributed by atoms with Crippen LogP contribution in [0.15, 0.2) is 192 Å². The second kappa shape index (κ2) is 11.9. The summed E-state index contributed by atoms with van der Waals surface area (Å²) in [5.74, 6) is 1.59. The minimum Gasteiger partial charge on any atom is -0.456 e. The van der Waals surface area contributed by atoms with Gasteiger partial charge in [-0.05, 0) is 66.7 Å². The number of hydrogen-bond donors (Lipinski definition) is 0. The van der Waals surface area contributed by atoms with Gasteiger partial charge in [0.05, 0.1) is 22.1 Å². The predicted molar refractivity (Wildman–Crippen MR) is 228 cm³/mol. The largest absolute Gasteiger partial charge is 0.456 e. The summed E-state index contributed by atoms with van der Waals surface area (Å²) in [6.45, 7) is 0. The summed E-state index contributed by atoms with van der Waals surface area (Å²) in [4.78, 5) is 0. The average molecular weight is 718 g/mol. The van der Waals surface area contributed by atoms with E-state index in [4.69, 9.17) is 14.6 Å². The number of rotatable bonds is 5. The van der Waals surface area contributed by atoms with E-state index < -0.39 is 0 Å². The lowest BCUT2D eigenvalue weighted by molar-refractivity contribution is 0.669. The highest BCUT2D eigenvalue weighted by atomic mass is 16.3. The van der Waals surface area contributed by atoms with Crippen LogP contribution in [0.1, 0.15) is 0 Å². The maximum atomic E-state index is 6.35. The summed E-state index contributed by atoms with van der Waals surface area (Å²) >= 11 is 0. The summed E-state index contributed by atoms with van der Waals surface area (Å²) in [5, 5.41) is 16.6. The third-order valence-electron chi connectivity index (χ3n) is 11.2. The lowest BCUT2D eigenvalue weighted by Gasteiger charge is -2.13. The van der Waals surface area contributed by atoms with E-state index in [9.17, 15) is 0 Å². The van der Waals surface area contributed by atoms with Crippen LogP contribution < -0.4 is 0 Å². The molecule has 262 valence electrons. The molecule has 12 aromatic rings. The average Bonchev–Trinajstić information content (AvgIpc) is 4.03. The summed E-state index contributed by atoms with van der Waals surface area (Å²) < 4.78 is 13.3. The van der Waals surface area contributed by atoms with Gasteiger partial charge in [0.25, 0.3) is 0 Å². The summed E-state index contributed by atoms with van der Waals surface area (Å²) in [5.41, 5.74) is 11.5. The highest BCUT2D eigenvalue weighted by Gasteiger charge is 2.23. The standard InChI is InChI=1S/C50H31N5O/c1-3-15-32(16-4-1)49-51-52-50(55(49)33-17-5-2-6-18-33)39-24-14-27-44-48(39)38-23-8-11-26-43(38)53(44)34-19-13-20-35(29-34)54-42-25-10-7-21-36(42)40-31-47-41(30-45(40)54)37-22-9-12-28-46(37)56-47/h1-31H. The fraction of sp³-hybridized carbons (Fsp3) is 0. The molecule has 0 atom stereocenters. The van der Waals surface area contributed by atoms with Crippen molar-refractivity contribution in [1.82, 2.24) is 23.9 Å². The van der Waals surface area contributed by atoms with Gasteiger partial charge in [-0.2, -0.15) is 0 Å². The molecule has 0 spiro atoms.